The van der Waals surface area contributed by atoms with Crippen molar-refractivity contribution in [3.8, 4) is 0 Å². The van der Waals surface area contributed by atoms with Gasteiger partial charge in [0.25, 0.3) is 5.69 Å². The fraction of sp³-hybridized carbons (Fsp3) is 0.0714. The molecule has 0 unspecified atom stereocenters. The molecule has 0 saturated carbocycles. The first-order chi connectivity index (χ1) is 10.5. The van der Waals surface area contributed by atoms with Gasteiger partial charge in [-0.1, -0.05) is 45.7 Å². The molecule has 0 radical (unpaired) electrons. The number of non-ortho nitro benzene ring substituents is 1. The Morgan fingerprint density at radius 1 is 1.27 bits per heavy atom. The molecule has 0 bridgehead atoms. The van der Waals surface area contributed by atoms with Crippen molar-refractivity contribution in [3.63, 3.8) is 0 Å². The Bertz CT molecular complexity index is 724. The monoisotopic (exact) mass is 383 g/mol. The van der Waals surface area contributed by atoms with Gasteiger partial charge in [0.05, 0.1) is 15.6 Å². The molecule has 2 N–H and O–H groups in total. The number of nitro benzene ring substituents is 1. The molecule has 8 heteroatoms. The van der Waals surface area contributed by atoms with Crippen LogP contribution in [0.15, 0.2) is 46.9 Å². The second-order valence-electron chi connectivity index (χ2n) is 4.32. The van der Waals surface area contributed by atoms with Crippen molar-refractivity contribution in [2.75, 3.05) is 5.32 Å². The lowest BCUT2D eigenvalue weighted by atomic mass is 10.2. The number of hydrogen-bond acceptors (Lipinski definition) is 3. The minimum Gasteiger partial charge on any atom is -0.334 e. The Morgan fingerprint density at radius 3 is 2.68 bits per heavy atom. The van der Waals surface area contributed by atoms with Crippen LogP contribution in [0.3, 0.4) is 0 Å². The van der Waals surface area contributed by atoms with E-state index in [0.717, 1.165) is 10.0 Å². The lowest BCUT2D eigenvalue weighted by Crippen LogP contribution is -2.28. The van der Waals surface area contributed by atoms with E-state index in [2.05, 4.69) is 26.6 Å². The first-order valence-electron chi connectivity index (χ1n) is 6.19. The van der Waals surface area contributed by atoms with Gasteiger partial charge >= 0.3 is 6.03 Å². The standard InChI is InChI=1S/C14H11BrClN3O3/c15-11-4-2-1-3-9(11)8-17-14(20)18-13-7-10(19(21)22)5-6-12(13)16/h1-7H,8H2,(H2,17,18,20). The third kappa shape index (κ3) is 4.19. The van der Waals surface area contributed by atoms with E-state index in [1.165, 1.54) is 18.2 Å². The fourth-order valence-corrected chi connectivity index (χ4v) is 2.30. The number of anilines is 1. The first kappa shape index (κ1) is 16.3. The van der Waals surface area contributed by atoms with Gasteiger partial charge in [-0.3, -0.25) is 10.1 Å². The summed E-state index contributed by atoms with van der Waals surface area (Å²) in [4.78, 5) is 22.0. The number of amides is 2. The largest absolute Gasteiger partial charge is 0.334 e. The van der Waals surface area contributed by atoms with Crippen molar-refractivity contribution < 1.29 is 9.72 Å². The molecule has 0 aliphatic rings. The Hall–Kier alpha value is -2.12. The first-order valence-corrected chi connectivity index (χ1v) is 7.36. The van der Waals surface area contributed by atoms with Gasteiger partial charge in [-0.25, -0.2) is 4.79 Å². The summed E-state index contributed by atoms with van der Waals surface area (Å²) < 4.78 is 0.878. The number of hydrogen-bond donors (Lipinski definition) is 2. The molecular weight excluding hydrogens is 374 g/mol. The van der Waals surface area contributed by atoms with Gasteiger partial charge in [0.15, 0.2) is 0 Å². The van der Waals surface area contributed by atoms with Crippen molar-refractivity contribution in [3.05, 3.63) is 67.6 Å². The summed E-state index contributed by atoms with van der Waals surface area (Å²) in [5.41, 5.74) is 0.939. The molecule has 0 fully saturated rings. The van der Waals surface area contributed by atoms with Gasteiger partial charge < -0.3 is 10.6 Å². The van der Waals surface area contributed by atoms with Crippen LogP contribution in [0.1, 0.15) is 5.56 Å². The Kier molecular flexibility index (Phi) is 5.35. The van der Waals surface area contributed by atoms with Crippen molar-refractivity contribution in [1.82, 2.24) is 5.32 Å². The third-order valence-electron chi connectivity index (χ3n) is 2.81. The number of nitrogens with zero attached hydrogens (tertiary/aromatic N) is 1. The van der Waals surface area contributed by atoms with Crippen molar-refractivity contribution in [2.24, 2.45) is 0 Å². The maximum absolute atomic E-state index is 11.9. The second-order valence-corrected chi connectivity index (χ2v) is 5.58. The fourth-order valence-electron chi connectivity index (χ4n) is 1.71. The highest BCUT2D eigenvalue weighted by Crippen LogP contribution is 2.26. The molecule has 2 aromatic rings. The normalized spacial score (nSPS) is 10.1. The molecule has 0 atom stereocenters. The summed E-state index contributed by atoms with van der Waals surface area (Å²) in [6.45, 7) is 0.305. The van der Waals surface area contributed by atoms with E-state index in [-0.39, 0.29) is 16.4 Å². The Labute approximate surface area is 139 Å². The number of rotatable bonds is 4. The Morgan fingerprint density at radius 2 is 2.00 bits per heavy atom. The number of benzene rings is 2. The number of carbonyl (C=O) groups is 1. The average molecular weight is 385 g/mol. The summed E-state index contributed by atoms with van der Waals surface area (Å²) in [6, 6.07) is 10.8. The molecule has 6 nitrogen and oxygen atoms in total. The zero-order valence-electron chi connectivity index (χ0n) is 11.2. The number of urea groups is 1. The van der Waals surface area contributed by atoms with E-state index in [0.29, 0.717) is 6.54 Å². The van der Waals surface area contributed by atoms with E-state index in [1.54, 1.807) is 0 Å². The third-order valence-corrected chi connectivity index (χ3v) is 3.91. The summed E-state index contributed by atoms with van der Waals surface area (Å²) in [5, 5.41) is 16.1. The van der Waals surface area contributed by atoms with Crippen LogP contribution < -0.4 is 10.6 Å². The van der Waals surface area contributed by atoms with Crippen LogP contribution in [0, 0.1) is 10.1 Å². The van der Waals surface area contributed by atoms with Gasteiger partial charge in [-0.15, -0.1) is 0 Å². The van der Waals surface area contributed by atoms with Crippen LogP contribution in [0.5, 0.6) is 0 Å². The average Bonchev–Trinajstić information content (AvgIpc) is 2.48. The maximum Gasteiger partial charge on any atom is 0.319 e. The van der Waals surface area contributed by atoms with Crippen molar-refractivity contribution in [2.45, 2.75) is 6.54 Å². The SMILES string of the molecule is O=C(NCc1ccccc1Br)Nc1cc([N+](=O)[O-])ccc1Cl. The smallest absolute Gasteiger partial charge is 0.319 e. The van der Waals surface area contributed by atoms with Crippen molar-refractivity contribution >= 4 is 44.9 Å². The predicted molar refractivity (Wildman–Crippen MR) is 88.1 cm³/mol. The van der Waals surface area contributed by atoms with Gasteiger partial charge in [0.2, 0.25) is 0 Å². The quantitative estimate of drug-likeness (QED) is 0.608. The topological polar surface area (TPSA) is 84.3 Å². The van der Waals surface area contributed by atoms with Gasteiger partial charge in [-0.2, -0.15) is 0 Å². The number of halogens is 2. The van der Waals surface area contributed by atoms with Gasteiger partial charge in [0, 0.05) is 23.2 Å². The lowest BCUT2D eigenvalue weighted by Gasteiger charge is -2.10. The van der Waals surface area contributed by atoms with Crippen LogP contribution in [0.25, 0.3) is 0 Å². The predicted octanol–water partition coefficient (Wildman–Crippen LogP) is 4.33. The Balaban J connectivity index is 2.02. The van der Waals surface area contributed by atoms with Gasteiger partial charge in [0.1, 0.15) is 0 Å². The summed E-state index contributed by atoms with van der Waals surface area (Å²) in [7, 11) is 0. The van der Waals surface area contributed by atoms with E-state index in [4.69, 9.17) is 11.6 Å². The molecule has 114 valence electrons. The van der Waals surface area contributed by atoms with Crippen LogP contribution >= 0.6 is 27.5 Å². The summed E-state index contributed by atoms with van der Waals surface area (Å²) >= 11 is 9.30. The van der Waals surface area contributed by atoms with Gasteiger partial charge in [-0.05, 0) is 17.7 Å². The molecule has 22 heavy (non-hydrogen) atoms. The van der Waals surface area contributed by atoms with Crippen LogP contribution in [-0.4, -0.2) is 11.0 Å². The number of carbonyl (C=O) groups excluding carboxylic acids is 1. The van der Waals surface area contributed by atoms with E-state index >= 15 is 0 Å². The van der Waals surface area contributed by atoms with Crippen molar-refractivity contribution in [1.29, 1.82) is 0 Å². The van der Waals surface area contributed by atoms with Crippen LogP contribution in [0.4, 0.5) is 16.2 Å². The number of nitro groups is 1. The number of nitrogens with one attached hydrogen (secondary N) is 2. The summed E-state index contributed by atoms with van der Waals surface area (Å²) in [6.07, 6.45) is 0. The van der Waals surface area contributed by atoms with E-state index in [1.807, 2.05) is 24.3 Å². The molecule has 2 amide bonds. The van der Waals surface area contributed by atoms with E-state index < -0.39 is 11.0 Å². The molecule has 0 heterocycles. The van der Waals surface area contributed by atoms with Crippen LogP contribution in [-0.2, 0) is 6.54 Å². The molecule has 0 aromatic heterocycles. The zero-order valence-corrected chi connectivity index (χ0v) is 13.5. The highest BCUT2D eigenvalue weighted by atomic mass is 79.9. The molecule has 0 aliphatic heterocycles. The zero-order chi connectivity index (χ0) is 16.1. The summed E-state index contributed by atoms with van der Waals surface area (Å²) in [5.74, 6) is 0. The molecule has 0 saturated heterocycles. The molecule has 0 spiro atoms. The maximum atomic E-state index is 11.9. The lowest BCUT2D eigenvalue weighted by molar-refractivity contribution is -0.384. The highest BCUT2D eigenvalue weighted by Gasteiger charge is 2.12. The minimum absolute atomic E-state index is 0.148. The molecule has 2 aromatic carbocycles. The molecule has 0 aliphatic carbocycles. The molecular formula is C14H11BrClN3O3. The van der Waals surface area contributed by atoms with E-state index in [9.17, 15) is 14.9 Å². The van der Waals surface area contributed by atoms with Crippen LogP contribution in [0.2, 0.25) is 5.02 Å². The second kappa shape index (κ2) is 7.24. The highest BCUT2D eigenvalue weighted by molar-refractivity contribution is 9.10. The molecule has 2 rings (SSSR count). The minimum atomic E-state index is -0.555.